The van der Waals surface area contributed by atoms with Crippen molar-refractivity contribution in [2.45, 2.75) is 29.1 Å². The Bertz CT molecular complexity index is 1460. The van der Waals surface area contributed by atoms with Gasteiger partial charge in [0.05, 0.1) is 16.0 Å². The van der Waals surface area contributed by atoms with Crippen LogP contribution in [0, 0.1) is 10.1 Å². The van der Waals surface area contributed by atoms with Gasteiger partial charge in [0.1, 0.15) is 0 Å². The minimum absolute atomic E-state index is 0.0132. The minimum Gasteiger partial charge on any atom is -0.341 e. The van der Waals surface area contributed by atoms with E-state index in [0.29, 0.717) is 27.4 Å². The topological polar surface area (TPSA) is 121 Å². The Balaban J connectivity index is 1.34. The van der Waals surface area contributed by atoms with Crippen LogP contribution in [0.5, 0.6) is 0 Å². The van der Waals surface area contributed by atoms with Crippen LogP contribution in [0.3, 0.4) is 0 Å². The lowest BCUT2D eigenvalue weighted by atomic mass is 10.1. The summed E-state index contributed by atoms with van der Waals surface area (Å²) < 4.78 is 0. The zero-order chi connectivity index (χ0) is 27.0. The molecular weight excluding hydrogens is 536 g/mol. The molecule has 10 nitrogen and oxygen atoms in total. The molecule has 2 heterocycles. The molecule has 0 unspecified atom stereocenters. The number of para-hydroxylation sites is 1. The van der Waals surface area contributed by atoms with E-state index in [4.69, 9.17) is 11.6 Å². The van der Waals surface area contributed by atoms with Crippen LogP contribution in [0.15, 0.2) is 87.7 Å². The summed E-state index contributed by atoms with van der Waals surface area (Å²) in [5.41, 5.74) is 4.26. The van der Waals surface area contributed by atoms with Gasteiger partial charge in [0.2, 0.25) is 17.8 Å². The summed E-state index contributed by atoms with van der Waals surface area (Å²) >= 11 is 7.25. The number of rotatable bonds is 9. The molecule has 39 heavy (non-hydrogen) atoms. The standard InChI is InChI=1S/C27H25ClN8O2S/c28-20-10-12-22(13-11-20)39-24-14-9-19(17-23(24)36(37)38)18-29-34-26-31-25(30-21-7-3-1-4-8-21)32-27(33-26)35-15-5-2-6-16-35/h1,3-4,7-14,17-18H,2,5-6,15-16H2,(H2,30,31,32,33,34)/b29-18-. The third-order valence-electron chi connectivity index (χ3n) is 5.89. The average molecular weight is 561 g/mol. The quantitative estimate of drug-likeness (QED) is 0.130. The summed E-state index contributed by atoms with van der Waals surface area (Å²) in [5, 5.41) is 19.8. The molecule has 4 aromatic rings. The Morgan fingerprint density at radius 1 is 0.949 bits per heavy atom. The van der Waals surface area contributed by atoms with Crippen molar-refractivity contribution in [2.75, 3.05) is 28.7 Å². The second-order valence-corrected chi connectivity index (χ2v) is 10.3. The van der Waals surface area contributed by atoms with Crippen molar-refractivity contribution < 1.29 is 4.92 Å². The summed E-state index contributed by atoms with van der Waals surface area (Å²) in [5.74, 6) is 1.23. The molecule has 0 saturated carbocycles. The fourth-order valence-corrected chi connectivity index (χ4v) is 5.02. The molecule has 0 amide bonds. The number of benzene rings is 3. The summed E-state index contributed by atoms with van der Waals surface area (Å²) in [4.78, 5) is 28.5. The van der Waals surface area contributed by atoms with Gasteiger partial charge in [0.25, 0.3) is 5.69 Å². The first-order chi connectivity index (χ1) is 19.0. The lowest BCUT2D eigenvalue weighted by molar-refractivity contribution is -0.387. The van der Waals surface area contributed by atoms with Crippen LogP contribution in [-0.2, 0) is 0 Å². The molecule has 1 saturated heterocycles. The summed E-state index contributed by atoms with van der Waals surface area (Å²) in [6.45, 7) is 1.75. The number of anilines is 4. The maximum atomic E-state index is 11.8. The maximum Gasteiger partial charge on any atom is 0.283 e. The Morgan fingerprint density at radius 2 is 1.69 bits per heavy atom. The highest BCUT2D eigenvalue weighted by Crippen LogP contribution is 2.35. The third-order valence-corrected chi connectivity index (χ3v) is 7.22. The maximum absolute atomic E-state index is 11.8. The molecule has 3 aromatic carbocycles. The van der Waals surface area contributed by atoms with Gasteiger partial charge in [-0.25, -0.2) is 5.43 Å². The van der Waals surface area contributed by atoms with Gasteiger partial charge in [-0.1, -0.05) is 47.6 Å². The molecule has 5 rings (SSSR count). The average Bonchev–Trinajstić information content (AvgIpc) is 2.96. The van der Waals surface area contributed by atoms with Crippen LogP contribution in [-0.4, -0.2) is 39.2 Å². The monoisotopic (exact) mass is 560 g/mol. The second kappa shape index (κ2) is 12.5. The third kappa shape index (κ3) is 7.21. The normalized spacial score (nSPS) is 13.4. The van der Waals surface area contributed by atoms with E-state index in [9.17, 15) is 10.1 Å². The Kier molecular flexibility index (Phi) is 8.49. The van der Waals surface area contributed by atoms with E-state index < -0.39 is 4.92 Å². The van der Waals surface area contributed by atoms with Gasteiger partial charge in [0, 0.05) is 40.3 Å². The van der Waals surface area contributed by atoms with E-state index in [1.54, 1.807) is 24.3 Å². The first kappa shape index (κ1) is 26.4. The number of nitrogens with one attached hydrogen (secondary N) is 2. The Morgan fingerprint density at radius 3 is 2.44 bits per heavy atom. The lowest BCUT2D eigenvalue weighted by Crippen LogP contribution is -2.31. The van der Waals surface area contributed by atoms with Crippen LogP contribution >= 0.6 is 23.4 Å². The van der Waals surface area contributed by atoms with E-state index >= 15 is 0 Å². The number of aromatic nitrogens is 3. The van der Waals surface area contributed by atoms with Crippen molar-refractivity contribution in [3.8, 4) is 0 Å². The number of nitro groups is 1. The van der Waals surface area contributed by atoms with Crippen LogP contribution in [0.4, 0.5) is 29.2 Å². The van der Waals surface area contributed by atoms with Gasteiger partial charge in [-0.2, -0.15) is 20.1 Å². The zero-order valence-corrected chi connectivity index (χ0v) is 22.4. The van der Waals surface area contributed by atoms with Gasteiger partial charge in [-0.05, 0) is 61.7 Å². The van der Waals surface area contributed by atoms with Gasteiger partial charge < -0.3 is 10.2 Å². The van der Waals surface area contributed by atoms with Crippen molar-refractivity contribution >= 4 is 58.8 Å². The molecule has 198 valence electrons. The number of piperidine rings is 1. The predicted molar refractivity (Wildman–Crippen MR) is 156 cm³/mol. The van der Waals surface area contributed by atoms with E-state index in [2.05, 4.69) is 35.7 Å². The van der Waals surface area contributed by atoms with Gasteiger partial charge in [-0.3, -0.25) is 10.1 Å². The number of nitrogens with zero attached hydrogens (tertiary/aromatic N) is 6. The number of hydrazone groups is 1. The highest BCUT2D eigenvalue weighted by molar-refractivity contribution is 7.99. The molecule has 2 N–H and O–H groups in total. The van der Waals surface area contributed by atoms with Crippen molar-refractivity contribution in [3.05, 3.63) is 93.5 Å². The van der Waals surface area contributed by atoms with Crippen LogP contribution in [0.25, 0.3) is 0 Å². The molecule has 12 heteroatoms. The number of hydrogen-bond acceptors (Lipinski definition) is 10. The molecule has 0 radical (unpaired) electrons. The Labute approximate surface area is 234 Å². The number of hydrogen-bond donors (Lipinski definition) is 2. The summed E-state index contributed by atoms with van der Waals surface area (Å²) in [6, 6.07) is 21.8. The Hall–Kier alpha value is -4.22. The largest absolute Gasteiger partial charge is 0.341 e. The number of halogens is 1. The van der Waals surface area contributed by atoms with Gasteiger partial charge in [-0.15, -0.1) is 0 Å². The summed E-state index contributed by atoms with van der Waals surface area (Å²) in [7, 11) is 0. The smallest absolute Gasteiger partial charge is 0.283 e. The van der Waals surface area contributed by atoms with E-state index in [0.717, 1.165) is 36.5 Å². The van der Waals surface area contributed by atoms with E-state index in [1.165, 1.54) is 30.5 Å². The highest BCUT2D eigenvalue weighted by atomic mass is 35.5. The highest BCUT2D eigenvalue weighted by Gasteiger charge is 2.17. The van der Waals surface area contributed by atoms with Crippen LogP contribution < -0.4 is 15.6 Å². The van der Waals surface area contributed by atoms with E-state index in [1.807, 2.05) is 42.5 Å². The molecule has 0 atom stereocenters. The van der Waals surface area contributed by atoms with Crippen molar-refractivity contribution in [2.24, 2.45) is 5.10 Å². The molecule has 0 bridgehead atoms. The molecule has 1 aromatic heterocycles. The minimum atomic E-state index is -0.401. The SMILES string of the molecule is O=[N+]([O-])c1cc(/C=N\Nc2nc(Nc3ccccc3)nc(N3CCCCC3)n2)ccc1Sc1ccc(Cl)cc1. The predicted octanol–water partition coefficient (Wildman–Crippen LogP) is 6.76. The lowest BCUT2D eigenvalue weighted by Gasteiger charge is -2.26. The van der Waals surface area contributed by atoms with Crippen LogP contribution in [0.1, 0.15) is 24.8 Å². The first-order valence-corrected chi connectivity index (χ1v) is 13.6. The second-order valence-electron chi connectivity index (χ2n) is 8.73. The van der Waals surface area contributed by atoms with Crippen molar-refractivity contribution in [1.29, 1.82) is 0 Å². The summed E-state index contributed by atoms with van der Waals surface area (Å²) in [6.07, 6.45) is 4.85. The fourth-order valence-electron chi connectivity index (χ4n) is 3.99. The van der Waals surface area contributed by atoms with Crippen LogP contribution in [0.2, 0.25) is 5.02 Å². The number of nitro benzene ring substituents is 1. The molecule has 1 fully saturated rings. The molecule has 1 aliphatic rings. The molecule has 0 aliphatic carbocycles. The first-order valence-electron chi connectivity index (χ1n) is 12.4. The van der Waals surface area contributed by atoms with Crippen molar-refractivity contribution in [1.82, 2.24) is 15.0 Å². The van der Waals surface area contributed by atoms with Gasteiger partial charge in [0.15, 0.2) is 0 Å². The fraction of sp³-hybridized carbons (Fsp3) is 0.185. The molecule has 0 spiro atoms. The molecule has 1 aliphatic heterocycles. The van der Waals surface area contributed by atoms with Gasteiger partial charge >= 0.3 is 0 Å². The van der Waals surface area contributed by atoms with Crippen molar-refractivity contribution in [3.63, 3.8) is 0 Å². The zero-order valence-electron chi connectivity index (χ0n) is 20.8. The van der Waals surface area contributed by atoms with E-state index in [-0.39, 0.29) is 11.6 Å². The molecular formula is C27H25ClN8O2S.